The maximum absolute atomic E-state index is 13.3. The molecule has 5 rings (SSSR count). The van der Waals surface area contributed by atoms with Crippen LogP contribution in [0.4, 0.5) is 5.95 Å². The van der Waals surface area contributed by atoms with E-state index in [2.05, 4.69) is 15.0 Å². The van der Waals surface area contributed by atoms with Crippen molar-refractivity contribution in [2.75, 3.05) is 5.73 Å². The second-order valence-corrected chi connectivity index (χ2v) is 9.12. The summed E-state index contributed by atoms with van der Waals surface area (Å²) in [6.07, 6.45) is -0.632. The molecule has 0 amide bonds. The number of nitrogens with zero attached hydrogens (tertiary/aromatic N) is 4. The first-order valence-corrected chi connectivity index (χ1v) is 12.0. The summed E-state index contributed by atoms with van der Waals surface area (Å²) in [6.45, 7) is 3.55. The van der Waals surface area contributed by atoms with Gasteiger partial charge in [-0.3, -0.25) is 4.57 Å². The van der Waals surface area contributed by atoms with Gasteiger partial charge in [-0.2, -0.15) is 9.97 Å². The summed E-state index contributed by atoms with van der Waals surface area (Å²) in [7, 11) is 0. The second kappa shape index (κ2) is 9.79. The third-order valence-electron chi connectivity index (χ3n) is 6.31. The molecule has 11 heteroatoms. The zero-order valence-electron chi connectivity index (χ0n) is 20.1. The van der Waals surface area contributed by atoms with Gasteiger partial charge in [0, 0.05) is 0 Å². The van der Waals surface area contributed by atoms with Crippen LogP contribution in [0.2, 0.25) is 5.15 Å². The lowest BCUT2D eigenvalue weighted by atomic mass is 9.94. The first-order chi connectivity index (χ1) is 17.8. The molecule has 2 aromatic carbocycles. The van der Waals surface area contributed by atoms with Gasteiger partial charge in [0.2, 0.25) is 5.95 Å². The number of esters is 2. The SMILES string of the molecule is CC[C@H]1O[C@@H](n2cnc3c(Cl)nc(N)nc32)C(C)(OC(=O)c2ccccc2)[C@H]1OC(=O)c1ccccc1. The van der Waals surface area contributed by atoms with Gasteiger partial charge in [-0.1, -0.05) is 54.9 Å². The van der Waals surface area contributed by atoms with Crippen LogP contribution < -0.4 is 5.73 Å². The van der Waals surface area contributed by atoms with Crippen molar-refractivity contribution in [3.8, 4) is 0 Å². The van der Waals surface area contributed by atoms with Gasteiger partial charge in [0.25, 0.3) is 0 Å². The van der Waals surface area contributed by atoms with Crippen LogP contribution in [0.1, 0.15) is 47.2 Å². The highest BCUT2D eigenvalue weighted by molar-refractivity contribution is 6.33. The number of imidazole rings is 1. The number of benzene rings is 2. The summed E-state index contributed by atoms with van der Waals surface area (Å²) < 4.78 is 20.0. The van der Waals surface area contributed by atoms with Crippen molar-refractivity contribution in [3.63, 3.8) is 0 Å². The highest BCUT2D eigenvalue weighted by Gasteiger charge is 2.59. The molecule has 0 aliphatic carbocycles. The quantitative estimate of drug-likeness (QED) is 0.292. The fraction of sp³-hybridized carbons (Fsp3) is 0.269. The lowest BCUT2D eigenvalue weighted by Crippen LogP contribution is -2.49. The Bertz CT molecular complexity index is 1450. The molecule has 0 radical (unpaired) electrons. The number of ether oxygens (including phenoxy) is 3. The third-order valence-corrected chi connectivity index (χ3v) is 6.58. The molecule has 1 aliphatic heterocycles. The molecular weight excluding hydrogens is 498 g/mol. The third kappa shape index (κ3) is 4.49. The molecule has 10 nitrogen and oxygen atoms in total. The Kier molecular flexibility index (Phi) is 6.53. The van der Waals surface area contributed by atoms with Gasteiger partial charge < -0.3 is 19.9 Å². The summed E-state index contributed by atoms with van der Waals surface area (Å²) in [5, 5.41) is 0.0707. The Morgan fingerprint density at radius 1 is 1.05 bits per heavy atom. The normalized spacial score (nSPS) is 23.2. The minimum absolute atomic E-state index is 0.0562. The minimum Gasteiger partial charge on any atom is -0.452 e. The molecule has 1 unspecified atom stereocenters. The summed E-state index contributed by atoms with van der Waals surface area (Å²) in [6, 6.07) is 17.1. The molecule has 4 aromatic rings. The Balaban J connectivity index is 1.59. The molecule has 190 valence electrons. The summed E-state index contributed by atoms with van der Waals surface area (Å²) >= 11 is 6.24. The molecule has 2 aromatic heterocycles. The van der Waals surface area contributed by atoms with Gasteiger partial charge in [0.15, 0.2) is 28.7 Å². The van der Waals surface area contributed by atoms with E-state index in [-0.39, 0.29) is 16.7 Å². The van der Waals surface area contributed by atoms with E-state index in [1.807, 2.05) is 6.92 Å². The molecule has 0 saturated carbocycles. The van der Waals surface area contributed by atoms with E-state index >= 15 is 0 Å². The van der Waals surface area contributed by atoms with E-state index in [0.29, 0.717) is 23.1 Å². The van der Waals surface area contributed by atoms with Crippen LogP contribution in [0.25, 0.3) is 11.2 Å². The zero-order valence-corrected chi connectivity index (χ0v) is 20.8. The topological polar surface area (TPSA) is 131 Å². The van der Waals surface area contributed by atoms with Gasteiger partial charge in [-0.05, 0) is 37.6 Å². The predicted octanol–water partition coefficient (Wildman–Crippen LogP) is 4.21. The second-order valence-electron chi connectivity index (χ2n) is 8.76. The van der Waals surface area contributed by atoms with E-state index in [0.717, 1.165) is 0 Å². The van der Waals surface area contributed by atoms with E-state index in [9.17, 15) is 9.59 Å². The van der Waals surface area contributed by atoms with E-state index in [4.69, 9.17) is 31.5 Å². The van der Waals surface area contributed by atoms with Gasteiger partial charge in [-0.15, -0.1) is 0 Å². The van der Waals surface area contributed by atoms with Crippen LogP contribution in [-0.2, 0) is 14.2 Å². The number of nitrogens with two attached hydrogens (primary N) is 1. The molecule has 2 N–H and O–H groups in total. The van der Waals surface area contributed by atoms with Crippen LogP contribution in [0.3, 0.4) is 0 Å². The first-order valence-electron chi connectivity index (χ1n) is 11.7. The van der Waals surface area contributed by atoms with E-state index < -0.39 is 36.0 Å². The van der Waals surface area contributed by atoms with Crippen LogP contribution in [0.5, 0.6) is 0 Å². The minimum atomic E-state index is -1.49. The first kappa shape index (κ1) is 24.7. The van der Waals surface area contributed by atoms with Crippen molar-refractivity contribution in [1.29, 1.82) is 0 Å². The predicted molar refractivity (Wildman–Crippen MR) is 135 cm³/mol. The van der Waals surface area contributed by atoms with Crippen molar-refractivity contribution >= 4 is 40.7 Å². The Morgan fingerprint density at radius 3 is 2.30 bits per heavy atom. The lowest BCUT2D eigenvalue weighted by Gasteiger charge is -2.34. The summed E-state index contributed by atoms with van der Waals surface area (Å²) in [5.74, 6) is -1.23. The Morgan fingerprint density at radius 2 is 1.68 bits per heavy atom. The van der Waals surface area contributed by atoms with Gasteiger partial charge >= 0.3 is 11.9 Å². The fourth-order valence-corrected chi connectivity index (χ4v) is 4.71. The number of carbonyl (C=O) groups excluding carboxylic acids is 2. The number of aromatic nitrogens is 4. The number of hydrogen-bond donors (Lipinski definition) is 1. The number of halogens is 1. The smallest absolute Gasteiger partial charge is 0.338 e. The fourth-order valence-electron chi connectivity index (χ4n) is 4.50. The molecule has 3 heterocycles. The lowest BCUT2D eigenvalue weighted by molar-refractivity contribution is -0.108. The number of anilines is 1. The van der Waals surface area contributed by atoms with E-state index in [1.165, 1.54) is 6.33 Å². The van der Waals surface area contributed by atoms with E-state index in [1.54, 1.807) is 72.2 Å². The van der Waals surface area contributed by atoms with Crippen molar-refractivity contribution in [2.45, 2.75) is 44.3 Å². The molecule has 1 fully saturated rings. The number of nitrogen functional groups attached to an aromatic ring is 1. The number of hydrogen-bond acceptors (Lipinski definition) is 9. The molecule has 0 bridgehead atoms. The number of rotatable bonds is 6. The molecule has 37 heavy (non-hydrogen) atoms. The van der Waals surface area contributed by atoms with Crippen LogP contribution >= 0.6 is 11.6 Å². The maximum atomic E-state index is 13.3. The standard InChI is InChI=1S/C26H24ClN5O5/c1-3-17-19(36-22(33)15-10-6-4-7-11-15)26(2,37-23(34)16-12-8-5-9-13-16)24(35-17)32-14-29-18-20(27)30-25(28)31-21(18)32/h4-14,17,19,24H,3H2,1-2H3,(H2,28,30,31)/t17-,19+,24-,26?/m1/s1. The van der Waals surface area contributed by atoms with Crippen LogP contribution in [-0.4, -0.2) is 49.3 Å². The average molecular weight is 522 g/mol. The zero-order chi connectivity index (χ0) is 26.2. The van der Waals surface area contributed by atoms with Gasteiger partial charge in [0.05, 0.1) is 17.5 Å². The highest BCUT2D eigenvalue weighted by atomic mass is 35.5. The summed E-state index contributed by atoms with van der Waals surface area (Å²) in [5.41, 5.74) is 5.63. The van der Waals surface area contributed by atoms with Crippen molar-refractivity contribution in [2.24, 2.45) is 0 Å². The monoisotopic (exact) mass is 521 g/mol. The molecule has 0 spiro atoms. The average Bonchev–Trinajstić information content (AvgIpc) is 3.43. The van der Waals surface area contributed by atoms with Gasteiger partial charge in [0.1, 0.15) is 11.6 Å². The molecule has 4 atom stereocenters. The number of fused-ring (bicyclic) bond motifs is 1. The van der Waals surface area contributed by atoms with Crippen LogP contribution in [0, 0.1) is 0 Å². The van der Waals surface area contributed by atoms with Crippen molar-refractivity contribution < 1.29 is 23.8 Å². The van der Waals surface area contributed by atoms with Crippen molar-refractivity contribution in [1.82, 2.24) is 19.5 Å². The number of carbonyl (C=O) groups is 2. The maximum Gasteiger partial charge on any atom is 0.338 e. The van der Waals surface area contributed by atoms with Crippen LogP contribution in [0.15, 0.2) is 67.0 Å². The Hall–Kier alpha value is -4.02. The molecule has 1 saturated heterocycles. The largest absolute Gasteiger partial charge is 0.452 e. The Labute approximate surface area is 217 Å². The molecular formula is C26H24ClN5O5. The summed E-state index contributed by atoms with van der Waals surface area (Å²) in [4.78, 5) is 38.9. The highest BCUT2D eigenvalue weighted by Crippen LogP contribution is 2.45. The van der Waals surface area contributed by atoms with Gasteiger partial charge in [-0.25, -0.2) is 14.6 Å². The molecule has 1 aliphatic rings. The van der Waals surface area contributed by atoms with Crippen molar-refractivity contribution in [3.05, 3.63) is 83.3 Å².